The number of hydrogen-bond acceptors (Lipinski definition) is 3. The summed E-state index contributed by atoms with van der Waals surface area (Å²) in [6, 6.07) is 5.06. The monoisotopic (exact) mass is 221 g/mol. The molecule has 0 saturated carbocycles. The minimum atomic E-state index is -1.05. The summed E-state index contributed by atoms with van der Waals surface area (Å²) in [5, 5.41) is 19.9. The molecule has 1 N–H and O–H groups in total. The van der Waals surface area contributed by atoms with Gasteiger partial charge in [0.15, 0.2) is 0 Å². The van der Waals surface area contributed by atoms with E-state index in [0.717, 1.165) is 11.1 Å². The predicted octanol–water partition coefficient (Wildman–Crippen LogP) is 1.37. The van der Waals surface area contributed by atoms with E-state index < -0.39 is 5.97 Å². The number of rotatable bonds is 3. The van der Waals surface area contributed by atoms with Crippen LogP contribution in [0.15, 0.2) is 18.2 Å². The number of carboxylic acids is 1. The van der Waals surface area contributed by atoms with E-state index >= 15 is 0 Å². The molecular formula is C13H17O3-. The van der Waals surface area contributed by atoms with Crippen LogP contribution >= 0.6 is 0 Å². The highest BCUT2D eigenvalue weighted by atomic mass is 16.4. The first-order valence-electron chi connectivity index (χ1n) is 5.33. The molecule has 0 bridgehead atoms. The quantitative estimate of drug-likeness (QED) is 0.838. The van der Waals surface area contributed by atoms with Crippen molar-refractivity contribution in [2.24, 2.45) is 0 Å². The fourth-order valence-electron chi connectivity index (χ4n) is 1.72. The maximum absolute atomic E-state index is 10.4. The van der Waals surface area contributed by atoms with Gasteiger partial charge in [-0.15, -0.1) is 0 Å². The minimum absolute atomic E-state index is 0.00779. The van der Waals surface area contributed by atoms with Crippen LogP contribution in [-0.4, -0.2) is 11.1 Å². The largest absolute Gasteiger partial charge is 0.550 e. The van der Waals surface area contributed by atoms with Crippen molar-refractivity contribution in [1.29, 1.82) is 0 Å². The zero-order chi connectivity index (χ0) is 12.3. The number of hydrogen-bond donors (Lipinski definition) is 1. The first-order valence-corrected chi connectivity index (χ1v) is 5.33. The molecule has 0 fully saturated rings. The van der Waals surface area contributed by atoms with Crippen LogP contribution < -0.4 is 5.11 Å². The normalized spacial score (nSPS) is 11.4. The summed E-state index contributed by atoms with van der Waals surface area (Å²) in [7, 11) is 0. The number of aromatic hydroxyl groups is 1. The third-order valence-electron chi connectivity index (χ3n) is 2.50. The number of phenols is 1. The van der Waals surface area contributed by atoms with Crippen molar-refractivity contribution in [3.05, 3.63) is 29.3 Å². The van der Waals surface area contributed by atoms with Crippen molar-refractivity contribution in [3.63, 3.8) is 0 Å². The Morgan fingerprint density at radius 2 is 2.00 bits per heavy atom. The van der Waals surface area contributed by atoms with Crippen molar-refractivity contribution in [2.75, 3.05) is 0 Å². The molecule has 0 heterocycles. The van der Waals surface area contributed by atoms with E-state index in [9.17, 15) is 15.0 Å². The smallest absolute Gasteiger partial charge is 0.115 e. The number of carbonyl (C=O) groups excluding carboxylic acids is 1. The Kier molecular flexibility index (Phi) is 3.58. The topological polar surface area (TPSA) is 60.4 Å². The van der Waals surface area contributed by atoms with Crippen molar-refractivity contribution >= 4 is 5.97 Å². The number of aryl methyl sites for hydroxylation is 1. The fourth-order valence-corrected chi connectivity index (χ4v) is 1.72. The summed E-state index contributed by atoms with van der Waals surface area (Å²) in [6.07, 6.45) is 0.447. The van der Waals surface area contributed by atoms with Gasteiger partial charge in [0.1, 0.15) is 5.75 Å². The molecule has 0 aliphatic heterocycles. The van der Waals surface area contributed by atoms with Crippen molar-refractivity contribution in [1.82, 2.24) is 0 Å². The summed E-state index contributed by atoms with van der Waals surface area (Å²) in [6.45, 7) is 6.10. The summed E-state index contributed by atoms with van der Waals surface area (Å²) >= 11 is 0. The number of benzene rings is 1. The Bertz CT molecular complexity index is 389. The van der Waals surface area contributed by atoms with Crippen LogP contribution in [0.1, 0.15) is 38.3 Å². The maximum atomic E-state index is 10.4. The molecule has 3 nitrogen and oxygen atoms in total. The highest BCUT2D eigenvalue weighted by Crippen LogP contribution is 2.29. The van der Waals surface area contributed by atoms with Crippen LogP contribution in [-0.2, 0) is 16.6 Å². The van der Waals surface area contributed by atoms with E-state index in [1.54, 1.807) is 18.2 Å². The first-order chi connectivity index (χ1) is 7.30. The van der Waals surface area contributed by atoms with Gasteiger partial charge in [-0.3, -0.25) is 0 Å². The molecule has 0 aromatic heterocycles. The van der Waals surface area contributed by atoms with Gasteiger partial charge in [0.05, 0.1) is 0 Å². The van der Waals surface area contributed by atoms with Gasteiger partial charge in [0.25, 0.3) is 0 Å². The lowest BCUT2D eigenvalue weighted by atomic mass is 9.82. The molecule has 0 spiro atoms. The van der Waals surface area contributed by atoms with E-state index in [4.69, 9.17) is 0 Å². The lowest BCUT2D eigenvalue weighted by Gasteiger charge is -2.23. The Morgan fingerprint density at radius 3 is 2.50 bits per heavy atom. The van der Waals surface area contributed by atoms with Crippen molar-refractivity contribution in [3.8, 4) is 5.75 Å². The van der Waals surface area contributed by atoms with E-state index in [1.807, 2.05) is 20.8 Å². The average molecular weight is 221 g/mol. The van der Waals surface area contributed by atoms with E-state index in [0.29, 0.717) is 6.42 Å². The standard InChI is InChI=1S/C13H18O3/c1-13(2,3)11-8-10(14)6-4-9(11)5-7-12(15)16/h4,6,8,14H,5,7H2,1-3H3,(H,15,16)/p-1. The Balaban J connectivity index is 3.03. The first kappa shape index (κ1) is 12.6. The lowest BCUT2D eigenvalue weighted by molar-refractivity contribution is -0.305. The number of carbonyl (C=O) groups is 1. The Labute approximate surface area is 95.7 Å². The van der Waals surface area contributed by atoms with Gasteiger partial charge in [0, 0.05) is 5.97 Å². The van der Waals surface area contributed by atoms with Crippen molar-refractivity contribution in [2.45, 2.75) is 39.0 Å². The third-order valence-corrected chi connectivity index (χ3v) is 2.50. The average Bonchev–Trinajstić information content (AvgIpc) is 2.14. The summed E-state index contributed by atoms with van der Waals surface area (Å²) in [5.41, 5.74) is 1.82. The van der Waals surface area contributed by atoms with Gasteiger partial charge >= 0.3 is 0 Å². The summed E-state index contributed by atoms with van der Waals surface area (Å²) in [4.78, 5) is 10.4. The molecule has 0 amide bonds. The third kappa shape index (κ3) is 3.26. The molecule has 1 rings (SSSR count). The van der Waals surface area contributed by atoms with Gasteiger partial charge < -0.3 is 15.0 Å². The molecule has 0 atom stereocenters. The maximum Gasteiger partial charge on any atom is 0.115 e. The summed E-state index contributed by atoms with van der Waals surface area (Å²) < 4.78 is 0. The molecular weight excluding hydrogens is 204 g/mol. The van der Waals surface area contributed by atoms with E-state index in [1.165, 1.54) is 0 Å². The second kappa shape index (κ2) is 4.56. The van der Waals surface area contributed by atoms with E-state index in [2.05, 4.69) is 0 Å². The Hall–Kier alpha value is -1.51. The van der Waals surface area contributed by atoms with Gasteiger partial charge in [-0.1, -0.05) is 26.8 Å². The molecule has 1 aromatic rings. The molecule has 0 radical (unpaired) electrons. The van der Waals surface area contributed by atoms with Crippen LogP contribution in [0.2, 0.25) is 0 Å². The highest BCUT2D eigenvalue weighted by Gasteiger charge is 2.18. The van der Waals surface area contributed by atoms with Gasteiger partial charge in [-0.25, -0.2) is 0 Å². The summed E-state index contributed by atoms with van der Waals surface area (Å²) in [5.74, 6) is -0.838. The minimum Gasteiger partial charge on any atom is -0.550 e. The van der Waals surface area contributed by atoms with Gasteiger partial charge in [0.2, 0.25) is 0 Å². The number of phenolic OH excluding ortho intramolecular Hbond substituents is 1. The zero-order valence-electron chi connectivity index (χ0n) is 9.91. The van der Waals surface area contributed by atoms with E-state index in [-0.39, 0.29) is 17.6 Å². The molecule has 1 aromatic carbocycles. The molecule has 16 heavy (non-hydrogen) atoms. The molecule has 0 unspecified atom stereocenters. The second-order valence-corrected chi connectivity index (χ2v) is 4.96. The number of carboxylic acid groups (broad SMARTS) is 1. The van der Waals surface area contributed by atoms with Crippen LogP contribution in [0, 0.1) is 0 Å². The highest BCUT2D eigenvalue weighted by molar-refractivity contribution is 5.64. The number of aliphatic carboxylic acids is 1. The van der Waals surface area contributed by atoms with Crippen molar-refractivity contribution < 1.29 is 15.0 Å². The van der Waals surface area contributed by atoms with Crippen LogP contribution in [0.5, 0.6) is 5.75 Å². The Morgan fingerprint density at radius 1 is 1.38 bits per heavy atom. The predicted molar refractivity (Wildman–Crippen MR) is 60.1 cm³/mol. The molecule has 3 heteroatoms. The lowest BCUT2D eigenvalue weighted by Crippen LogP contribution is -2.23. The molecule has 88 valence electrons. The fraction of sp³-hybridized carbons (Fsp3) is 0.462. The SMILES string of the molecule is CC(C)(C)c1cc(O)ccc1CCC(=O)[O-]. The zero-order valence-corrected chi connectivity index (χ0v) is 9.91. The van der Waals surface area contributed by atoms with Crippen LogP contribution in [0.25, 0.3) is 0 Å². The van der Waals surface area contributed by atoms with Gasteiger partial charge in [-0.2, -0.15) is 0 Å². The molecule has 0 aliphatic rings. The molecule has 0 aliphatic carbocycles. The van der Waals surface area contributed by atoms with Gasteiger partial charge in [-0.05, 0) is 41.5 Å². The van der Waals surface area contributed by atoms with Crippen LogP contribution in [0.3, 0.4) is 0 Å². The second-order valence-electron chi connectivity index (χ2n) is 4.96. The molecule has 0 saturated heterocycles. The van der Waals surface area contributed by atoms with Crippen LogP contribution in [0.4, 0.5) is 0 Å².